The van der Waals surface area contributed by atoms with Gasteiger partial charge in [-0.15, -0.1) is 0 Å². The Bertz CT molecular complexity index is 881. The minimum atomic E-state index is -0.796. The van der Waals surface area contributed by atoms with Crippen LogP contribution in [0.15, 0.2) is 24.3 Å². The van der Waals surface area contributed by atoms with E-state index >= 15 is 0 Å². The number of nitrogens with zero attached hydrogens (tertiary/aromatic N) is 1. The monoisotopic (exact) mass is 473 g/mol. The first-order valence-corrected chi connectivity index (χ1v) is 12.3. The minimum Gasteiger partial charge on any atom is -0.444 e. The van der Waals surface area contributed by atoms with Gasteiger partial charge >= 0.3 is 6.09 Å². The molecule has 2 rings (SSSR count). The molecule has 3 amide bonds. The van der Waals surface area contributed by atoms with Crippen molar-refractivity contribution in [1.29, 1.82) is 0 Å². The van der Waals surface area contributed by atoms with Crippen LogP contribution >= 0.6 is 0 Å². The summed E-state index contributed by atoms with van der Waals surface area (Å²) in [6.07, 6.45) is 1.72. The van der Waals surface area contributed by atoms with Crippen molar-refractivity contribution in [3.8, 4) is 0 Å². The molecule has 0 radical (unpaired) electrons. The summed E-state index contributed by atoms with van der Waals surface area (Å²) in [5, 5.41) is 5.87. The molecule has 0 bridgehead atoms. The predicted molar refractivity (Wildman–Crippen MR) is 134 cm³/mol. The summed E-state index contributed by atoms with van der Waals surface area (Å²) in [5.74, 6) is -0.609. The van der Waals surface area contributed by atoms with Crippen LogP contribution < -0.4 is 10.6 Å². The van der Waals surface area contributed by atoms with Crippen LogP contribution in [0.2, 0.25) is 0 Å². The zero-order valence-electron chi connectivity index (χ0n) is 22.3. The predicted octanol–water partition coefficient (Wildman–Crippen LogP) is 4.88. The van der Waals surface area contributed by atoms with Crippen molar-refractivity contribution in [3.05, 3.63) is 35.4 Å². The number of rotatable bonds is 8. The summed E-state index contributed by atoms with van der Waals surface area (Å²) >= 11 is 0. The van der Waals surface area contributed by atoms with Gasteiger partial charge in [-0.1, -0.05) is 50.1 Å². The molecule has 3 unspecified atom stereocenters. The van der Waals surface area contributed by atoms with E-state index in [4.69, 9.17) is 4.74 Å². The van der Waals surface area contributed by atoms with Crippen LogP contribution in [0.1, 0.15) is 91.8 Å². The van der Waals surface area contributed by atoms with Crippen molar-refractivity contribution in [1.82, 2.24) is 15.5 Å². The third kappa shape index (κ3) is 8.03. The Morgan fingerprint density at radius 2 is 1.74 bits per heavy atom. The van der Waals surface area contributed by atoms with E-state index in [1.807, 2.05) is 65.8 Å². The second-order valence-electron chi connectivity index (χ2n) is 11.5. The molecule has 3 atom stereocenters. The molecule has 7 nitrogen and oxygen atoms in total. The van der Waals surface area contributed by atoms with Crippen LogP contribution in [0.3, 0.4) is 0 Å². The van der Waals surface area contributed by atoms with Gasteiger partial charge in [-0.25, -0.2) is 4.79 Å². The van der Waals surface area contributed by atoms with Gasteiger partial charge in [0.2, 0.25) is 11.8 Å². The van der Waals surface area contributed by atoms with Gasteiger partial charge in [0, 0.05) is 11.6 Å². The first kappa shape index (κ1) is 27.7. The molecular weight excluding hydrogens is 430 g/mol. The summed E-state index contributed by atoms with van der Waals surface area (Å²) in [7, 11) is 0. The van der Waals surface area contributed by atoms with E-state index in [1.54, 1.807) is 25.7 Å². The van der Waals surface area contributed by atoms with Gasteiger partial charge in [-0.05, 0) is 72.8 Å². The van der Waals surface area contributed by atoms with Crippen molar-refractivity contribution in [3.63, 3.8) is 0 Å². The van der Waals surface area contributed by atoms with E-state index in [1.165, 1.54) is 0 Å². The molecule has 34 heavy (non-hydrogen) atoms. The summed E-state index contributed by atoms with van der Waals surface area (Å²) in [6, 6.07) is 6.09. The topological polar surface area (TPSA) is 87.7 Å². The summed E-state index contributed by atoms with van der Waals surface area (Å²) in [4.78, 5) is 42.0. The summed E-state index contributed by atoms with van der Waals surface area (Å²) in [5.41, 5.74) is 0.643. The van der Waals surface area contributed by atoms with Gasteiger partial charge in [0.05, 0.1) is 0 Å². The lowest BCUT2D eigenvalue weighted by Gasteiger charge is -2.37. The quantitative estimate of drug-likeness (QED) is 0.563. The highest BCUT2D eigenvalue weighted by Gasteiger charge is 2.45. The molecule has 2 N–H and O–H groups in total. The Kier molecular flexibility index (Phi) is 8.78. The molecule has 1 fully saturated rings. The largest absolute Gasteiger partial charge is 0.444 e. The van der Waals surface area contributed by atoms with Crippen LogP contribution in [0.4, 0.5) is 4.79 Å². The Balaban J connectivity index is 2.48. The fourth-order valence-electron chi connectivity index (χ4n) is 3.87. The van der Waals surface area contributed by atoms with E-state index in [0.717, 1.165) is 24.0 Å². The highest BCUT2D eigenvalue weighted by Crippen LogP contribution is 2.36. The Morgan fingerprint density at radius 1 is 1.12 bits per heavy atom. The number of alkyl carbamates (subject to hydrolysis) is 1. The summed E-state index contributed by atoms with van der Waals surface area (Å²) < 4.78 is 5.44. The van der Waals surface area contributed by atoms with Gasteiger partial charge in [0.15, 0.2) is 0 Å². The Labute approximate surface area is 205 Å². The molecule has 1 aliphatic carbocycles. The highest BCUT2D eigenvalue weighted by molar-refractivity contribution is 5.93. The van der Waals surface area contributed by atoms with E-state index in [2.05, 4.69) is 10.6 Å². The second-order valence-corrected chi connectivity index (χ2v) is 11.5. The lowest BCUT2D eigenvalue weighted by molar-refractivity contribution is -0.144. The zero-order valence-corrected chi connectivity index (χ0v) is 22.3. The number of aryl methyl sites for hydroxylation is 1. The number of benzene rings is 1. The maximum Gasteiger partial charge on any atom is 0.408 e. The molecule has 0 aliphatic heterocycles. The molecule has 190 valence electrons. The maximum atomic E-state index is 14.1. The molecular formula is C27H43N3O4. The van der Waals surface area contributed by atoms with E-state index < -0.39 is 29.3 Å². The fraction of sp³-hybridized carbons (Fsp3) is 0.667. The zero-order chi connectivity index (χ0) is 25.8. The fourth-order valence-corrected chi connectivity index (χ4v) is 3.87. The third-order valence-electron chi connectivity index (χ3n) is 5.73. The number of hydrogen-bond donors (Lipinski definition) is 2. The van der Waals surface area contributed by atoms with Crippen molar-refractivity contribution >= 4 is 17.9 Å². The lowest BCUT2D eigenvalue weighted by atomic mass is 9.94. The summed E-state index contributed by atoms with van der Waals surface area (Å²) in [6.45, 7) is 17.0. The number of ether oxygens (including phenoxy) is 1. The van der Waals surface area contributed by atoms with E-state index in [9.17, 15) is 14.4 Å². The number of hydrogen-bond acceptors (Lipinski definition) is 4. The van der Waals surface area contributed by atoms with Crippen LogP contribution in [-0.4, -0.2) is 46.0 Å². The molecule has 7 heteroatoms. The molecule has 0 heterocycles. The maximum absolute atomic E-state index is 14.1. The van der Waals surface area contributed by atoms with Crippen LogP contribution in [-0.2, 0) is 14.3 Å². The normalized spacial score (nSPS) is 16.7. The van der Waals surface area contributed by atoms with Gasteiger partial charge in [-0.2, -0.15) is 0 Å². The molecule has 0 spiro atoms. The molecule has 0 aromatic heterocycles. The minimum absolute atomic E-state index is 0.0456. The van der Waals surface area contributed by atoms with Crippen LogP contribution in [0, 0.1) is 12.8 Å². The van der Waals surface area contributed by atoms with Crippen LogP contribution in [0.25, 0.3) is 0 Å². The van der Waals surface area contributed by atoms with Crippen molar-refractivity contribution in [2.45, 2.75) is 111 Å². The Hall–Kier alpha value is -2.57. The molecule has 1 aromatic rings. The van der Waals surface area contributed by atoms with Gasteiger partial charge < -0.3 is 20.3 Å². The number of amides is 3. The second kappa shape index (κ2) is 10.8. The average Bonchev–Trinajstić information content (AvgIpc) is 3.51. The lowest BCUT2D eigenvalue weighted by Crippen LogP contribution is -2.57. The van der Waals surface area contributed by atoms with E-state index in [-0.39, 0.29) is 23.8 Å². The van der Waals surface area contributed by atoms with E-state index in [0.29, 0.717) is 6.42 Å². The highest BCUT2D eigenvalue weighted by atomic mass is 16.6. The SMILES string of the molecule is CCC(C)C(NC(=O)OC(C)(C)C)C(=O)N(C1CC1)C(C(=O)NC(C)(C)C)c1cccc(C)c1. The van der Waals surface area contributed by atoms with Gasteiger partial charge in [-0.3, -0.25) is 9.59 Å². The number of nitrogens with one attached hydrogen (secondary N) is 2. The first-order valence-electron chi connectivity index (χ1n) is 12.3. The van der Waals surface area contributed by atoms with Crippen LogP contribution in [0.5, 0.6) is 0 Å². The molecule has 1 saturated carbocycles. The Morgan fingerprint density at radius 3 is 2.21 bits per heavy atom. The number of carbonyl (C=O) groups is 3. The van der Waals surface area contributed by atoms with Crippen molar-refractivity contribution in [2.75, 3.05) is 0 Å². The molecule has 0 saturated heterocycles. The molecule has 1 aromatic carbocycles. The smallest absolute Gasteiger partial charge is 0.408 e. The molecule has 1 aliphatic rings. The standard InChI is InChI=1S/C27H43N3O4/c1-10-18(3)21(28-25(33)34-27(7,8)9)24(32)30(20-14-15-20)22(23(31)29-26(4,5)6)19-13-11-12-17(2)16-19/h11-13,16,18,20-22H,10,14-15H2,1-9H3,(H,28,33)(H,29,31). The first-order chi connectivity index (χ1) is 15.6. The van der Waals surface area contributed by atoms with Crippen molar-refractivity contribution < 1.29 is 19.1 Å². The van der Waals surface area contributed by atoms with Crippen molar-refractivity contribution in [2.24, 2.45) is 5.92 Å². The van der Waals surface area contributed by atoms with Gasteiger partial charge in [0.1, 0.15) is 17.7 Å². The number of carbonyl (C=O) groups excluding carboxylic acids is 3. The van der Waals surface area contributed by atoms with Gasteiger partial charge in [0.25, 0.3) is 0 Å². The third-order valence-corrected chi connectivity index (χ3v) is 5.73. The average molecular weight is 474 g/mol.